The molecule has 0 aliphatic heterocycles. The highest BCUT2D eigenvalue weighted by Gasteiger charge is 2.06. The van der Waals surface area contributed by atoms with Crippen LogP contribution in [0.4, 0.5) is 0 Å². The van der Waals surface area contributed by atoms with Gasteiger partial charge in [-0.3, -0.25) is 9.78 Å². The molecule has 18 heavy (non-hydrogen) atoms. The first-order chi connectivity index (χ1) is 8.66. The van der Waals surface area contributed by atoms with E-state index in [4.69, 9.17) is 5.11 Å². The second-order valence-electron chi connectivity index (χ2n) is 4.00. The summed E-state index contributed by atoms with van der Waals surface area (Å²) in [5.41, 5.74) is 2.41. The Bertz CT molecular complexity index is 550. The number of nitrogens with zero attached hydrogens (tertiary/aromatic N) is 1. The molecule has 1 amide bonds. The Morgan fingerprint density at radius 1 is 1.28 bits per heavy atom. The Hall–Kier alpha value is -2.36. The molecule has 0 aliphatic carbocycles. The average molecular weight is 242 g/mol. The lowest BCUT2D eigenvalue weighted by Crippen LogP contribution is -2.23. The van der Waals surface area contributed by atoms with Crippen molar-refractivity contribution in [1.82, 2.24) is 10.3 Å². The van der Waals surface area contributed by atoms with E-state index in [0.29, 0.717) is 12.1 Å². The SMILES string of the molecule is Cc1cccnc1CNC(=O)c1ccc(O)cc1. The summed E-state index contributed by atoms with van der Waals surface area (Å²) in [7, 11) is 0. The summed E-state index contributed by atoms with van der Waals surface area (Å²) in [5.74, 6) is -0.0350. The largest absolute Gasteiger partial charge is 0.508 e. The lowest BCUT2D eigenvalue weighted by atomic mass is 10.2. The van der Waals surface area contributed by atoms with Crippen molar-refractivity contribution in [2.24, 2.45) is 0 Å². The van der Waals surface area contributed by atoms with Crippen LogP contribution < -0.4 is 5.32 Å². The molecule has 0 bridgehead atoms. The summed E-state index contributed by atoms with van der Waals surface area (Å²) in [4.78, 5) is 16.0. The second-order valence-corrected chi connectivity index (χ2v) is 4.00. The highest BCUT2D eigenvalue weighted by molar-refractivity contribution is 5.94. The molecule has 1 aromatic carbocycles. The van der Waals surface area contributed by atoms with Crippen LogP contribution in [0.3, 0.4) is 0 Å². The number of pyridine rings is 1. The zero-order valence-electron chi connectivity index (χ0n) is 10.1. The van der Waals surface area contributed by atoms with Crippen LogP contribution in [0.5, 0.6) is 5.75 Å². The van der Waals surface area contributed by atoms with Crippen LogP contribution >= 0.6 is 0 Å². The van der Waals surface area contributed by atoms with Gasteiger partial charge in [0.1, 0.15) is 5.75 Å². The van der Waals surface area contributed by atoms with Gasteiger partial charge in [0.2, 0.25) is 0 Å². The number of phenols is 1. The normalized spacial score (nSPS) is 10.1. The highest BCUT2D eigenvalue weighted by Crippen LogP contribution is 2.10. The number of hydrogen-bond acceptors (Lipinski definition) is 3. The fraction of sp³-hybridized carbons (Fsp3) is 0.143. The molecule has 0 spiro atoms. The first-order valence-electron chi connectivity index (χ1n) is 5.64. The van der Waals surface area contributed by atoms with Crippen LogP contribution in [0, 0.1) is 6.92 Å². The molecule has 0 atom stereocenters. The first-order valence-corrected chi connectivity index (χ1v) is 5.64. The van der Waals surface area contributed by atoms with E-state index >= 15 is 0 Å². The van der Waals surface area contributed by atoms with Crippen molar-refractivity contribution in [2.45, 2.75) is 13.5 Å². The second kappa shape index (κ2) is 5.31. The summed E-state index contributed by atoms with van der Waals surface area (Å²) in [5, 5.41) is 11.9. The van der Waals surface area contributed by atoms with E-state index < -0.39 is 0 Å². The fourth-order valence-corrected chi connectivity index (χ4v) is 1.58. The average Bonchev–Trinajstić information content (AvgIpc) is 2.38. The van der Waals surface area contributed by atoms with Gasteiger partial charge in [0.05, 0.1) is 12.2 Å². The minimum Gasteiger partial charge on any atom is -0.508 e. The molecule has 4 heteroatoms. The lowest BCUT2D eigenvalue weighted by Gasteiger charge is -2.07. The molecule has 0 saturated heterocycles. The summed E-state index contributed by atoms with van der Waals surface area (Å²) in [6.45, 7) is 2.35. The number of benzene rings is 1. The summed E-state index contributed by atoms with van der Waals surface area (Å²) < 4.78 is 0. The zero-order chi connectivity index (χ0) is 13.0. The number of nitrogens with one attached hydrogen (secondary N) is 1. The van der Waals surface area contributed by atoms with Gasteiger partial charge in [0.25, 0.3) is 5.91 Å². The van der Waals surface area contributed by atoms with Gasteiger partial charge in [-0.15, -0.1) is 0 Å². The number of rotatable bonds is 3. The molecule has 0 fully saturated rings. The Morgan fingerprint density at radius 2 is 2.00 bits per heavy atom. The number of aromatic nitrogens is 1. The molecule has 0 aliphatic rings. The molecule has 92 valence electrons. The van der Waals surface area contributed by atoms with Gasteiger partial charge in [-0.2, -0.15) is 0 Å². The predicted molar refractivity (Wildman–Crippen MR) is 68.3 cm³/mol. The van der Waals surface area contributed by atoms with E-state index in [1.165, 1.54) is 12.1 Å². The number of aryl methyl sites for hydroxylation is 1. The number of phenolic OH excluding ortho intramolecular Hbond substituents is 1. The van der Waals surface area contributed by atoms with Crippen molar-refractivity contribution in [3.63, 3.8) is 0 Å². The van der Waals surface area contributed by atoms with Gasteiger partial charge < -0.3 is 10.4 Å². The minimum atomic E-state index is -0.181. The van der Waals surface area contributed by atoms with Crippen molar-refractivity contribution < 1.29 is 9.90 Å². The van der Waals surface area contributed by atoms with Crippen molar-refractivity contribution >= 4 is 5.91 Å². The number of hydrogen-bond donors (Lipinski definition) is 2. The molecule has 4 nitrogen and oxygen atoms in total. The van der Waals surface area contributed by atoms with E-state index in [1.807, 2.05) is 19.1 Å². The molecule has 1 heterocycles. The van der Waals surface area contributed by atoms with Crippen LogP contribution in [-0.4, -0.2) is 16.0 Å². The molecular weight excluding hydrogens is 228 g/mol. The van der Waals surface area contributed by atoms with Crippen LogP contribution in [-0.2, 0) is 6.54 Å². The zero-order valence-corrected chi connectivity index (χ0v) is 10.1. The summed E-state index contributed by atoms with van der Waals surface area (Å²) >= 11 is 0. The lowest BCUT2D eigenvalue weighted by molar-refractivity contribution is 0.0950. The van der Waals surface area contributed by atoms with E-state index in [0.717, 1.165) is 11.3 Å². The van der Waals surface area contributed by atoms with Crippen molar-refractivity contribution in [3.05, 3.63) is 59.4 Å². The number of amides is 1. The van der Waals surface area contributed by atoms with Crippen molar-refractivity contribution in [1.29, 1.82) is 0 Å². The van der Waals surface area contributed by atoms with Crippen LogP contribution in [0.15, 0.2) is 42.6 Å². The van der Waals surface area contributed by atoms with E-state index in [-0.39, 0.29) is 11.7 Å². The van der Waals surface area contributed by atoms with Gasteiger partial charge in [-0.25, -0.2) is 0 Å². The topological polar surface area (TPSA) is 62.2 Å². The Morgan fingerprint density at radius 3 is 2.67 bits per heavy atom. The fourth-order valence-electron chi connectivity index (χ4n) is 1.58. The molecule has 1 aromatic heterocycles. The first kappa shape index (κ1) is 12.1. The molecule has 0 saturated carbocycles. The predicted octanol–water partition coefficient (Wildman–Crippen LogP) is 2.03. The third-order valence-electron chi connectivity index (χ3n) is 2.66. The van der Waals surface area contributed by atoms with Crippen molar-refractivity contribution in [3.8, 4) is 5.75 Å². The molecule has 2 N–H and O–H groups in total. The molecule has 0 unspecified atom stereocenters. The standard InChI is InChI=1S/C14H14N2O2/c1-10-3-2-8-15-13(10)9-16-14(18)11-4-6-12(17)7-5-11/h2-8,17H,9H2,1H3,(H,16,18). The number of carbonyl (C=O) groups is 1. The Kier molecular flexibility index (Phi) is 3.57. The quantitative estimate of drug-likeness (QED) is 0.865. The third kappa shape index (κ3) is 2.85. The van der Waals surface area contributed by atoms with Crippen LogP contribution in [0.2, 0.25) is 0 Å². The summed E-state index contributed by atoms with van der Waals surface area (Å²) in [6, 6.07) is 9.95. The van der Waals surface area contributed by atoms with Gasteiger partial charge in [0.15, 0.2) is 0 Å². The maximum absolute atomic E-state index is 11.8. The highest BCUT2D eigenvalue weighted by atomic mass is 16.3. The minimum absolute atomic E-state index is 0.145. The smallest absolute Gasteiger partial charge is 0.251 e. The van der Waals surface area contributed by atoms with E-state index in [1.54, 1.807) is 18.3 Å². The van der Waals surface area contributed by atoms with Gasteiger partial charge in [-0.05, 0) is 42.8 Å². The third-order valence-corrected chi connectivity index (χ3v) is 2.66. The Labute approximate surface area is 105 Å². The number of aromatic hydroxyl groups is 1. The van der Waals surface area contributed by atoms with E-state index in [2.05, 4.69) is 10.3 Å². The van der Waals surface area contributed by atoms with Gasteiger partial charge in [-0.1, -0.05) is 6.07 Å². The Balaban J connectivity index is 2.01. The van der Waals surface area contributed by atoms with Crippen LogP contribution in [0.25, 0.3) is 0 Å². The molecule has 2 aromatic rings. The van der Waals surface area contributed by atoms with Crippen molar-refractivity contribution in [2.75, 3.05) is 0 Å². The maximum Gasteiger partial charge on any atom is 0.251 e. The van der Waals surface area contributed by atoms with Gasteiger partial charge in [0, 0.05) is 11.8 Å². The molecule has 0 radical (unpaired) electrons. The summed E-state index contributed by atoms with van der Waals surface area (Å²) in [6.07, 6.45) is 1.70. The monoisotopic (exact) mass is 242 g/mol. The van der Waals surface area contributed by atoms with Crippen LogP contribution in [0.1, 0.15) is 21.6 Å². The van der Waals surface area contributed by atoms with E-state index in [9.17, 15) is 4.79 Å². The van der Waals surface area contributed by atoms with Gasteiger partial charge >= 0.3 is 0 Å². The molecular formula is C14H14N2O2. The maximum atomic E-state index is 11.8. The number of carbonyl (C=O) groups excluding carboxylic acids is 1. The molecule has 2 rings (SSSR count).